The lowest BCUT2D eigenvalue weighted by molar-refractivity contribution is -0.385. The van der Waals surface area contributed by atoms with Crippen molar-refractivity contribution in [1.82, 2.24) is 10.9 Å². The van der Waals surface area contributed by atoms with Crippen molar-refractivity contribution in [1.29, 1.82) is 5.26 Å². The standard InChI is InChI=1S/C19H17N5O6/c1-12-8-14(4-7-16(12)24(28)29)19(27)23-22-18(26)11-30-10-17(25)21-15-5-2-13(9-20)3-6-15/h2-8H,10-11H2,1H3,(H,21,25)(H,22,26)(H,23,27). The Balaban J connectivity index is 1.72. The molecule has 0 spiro atoms. The minimum absolute atomic E-state index is 0.122. The number of aryl methyl sites for hydroxylation is 1. The molecule has 30 heavy (non-hydrogen) atoms. The number of carbonyl (C=O) groups excluding carboxylic acids is 3. The van der Waals surface area contributed by atoms with E-state index in [-0.39, 0.29) is 11.3 Å². The van der Waals surface area contributed by atoms with E-state index in [0.29, 0.717) is 16.8 Å². The Morgan fingerprint density at radius 3 is 2.33 bits per heavy atom. The van der Waals surface area contributed by atoms with E-state index in [1.807, 2.05) is 6.07 Å². The monoisotopic (exact) mass is 411 g/mol. The number of nitriles is 1. The summed E-state index contributed by atoms with van der Waals surface area (Å²) >= 11 is 0. The molecule has 0 saturated heterocycles. The Morgan fingerprint density at radius 1 is 1.07 bits per heavy atom. The van der Waals surface area contributed by atoms with Gasteiger partial charge in [0.25, 0.3) is 17.5 Å². The lowest BCUT2D eigenvalue weighted by Crippen LogP contribution is -2.43. The van der Waals surface area contributed by atoms with Crippen molar-refractivity contribution in [3.05, 3.63) is 69.3 Å². The molecule has 0 atom stereocenters. The van der Waals surface area contributed by atoms with Crippen molar-refractivity contribution in [3.8, 4) is 6.07 Å². The third-order valence-electron chi connectivity index (χ3n) is 3.74. The molecule has 3 amide bonds. The summed E-state index contributed by atoms with van der Waals surface area (Å²) in [5.41, 5.74) is 5.49. The summed E-state index contributed by atoms with van der Waals surface area (Å²) in [5, 5.41) is 22.0. The number of hydrogen-bond donors (Lipinski definition) is 3. The quantitative estimate of drug-likeness (QED) is 0.455. The van der Waals surface area contributed by atoms with Crippen molar-refractivity contribution < 1.29 is 24.0 Å². The summed E-state index contributed by atoms with van der Waals surface area (Å²) in [6.07, 6.45) is 0. The van der Waals surface area contributed by atoms with Crippen LogP contribution in [0.25, 0.3) is 0 Å². The van der Waals surface area contributed by atoms with Gasteiger partial charge in [-0.3, -0.25) is 35.3 Å². The Morgan fingerprint density at radius 2 is 1.73 bits per heavy atom. The third-order valence-corrected chi connectivity index (χ3v) is 3.74. The van der Waals surface area contributed by atoms with Gasteiger partial charge in [-0.1, -0.05) is 0 Å². The summed E-state index contributed by atoms with van der Waals surface area (Å²) in [4.78, 5) is 45.7. The van der Waals surface area contributed by atoms with Crippen LogP contribution in [0.4, 0.5) is 11.4 Å². The van der Waals surface area contributed by atoms with E-state index in [9.17, 15) is 24.5 Å². The molecule has 2 aromatic rings. The summed E-state index contributed by atoms with van der Waals surface area (Å²) in [6.45, 7) is 0.605. The highest BCUT2D eigenvalue weighted by atomic mass is 16.6. The number of amides is 3. The van der Waals surface area contributed by atoms with Crippen LogP contribution in [-0.4, -0.2) is 35.9 Å². The van der Waals surface area contributed by atoms with E-state index in [1.165, 1.54) is 25.1 Å². The van der Waals surface area contributed by atoms with Crippen LogP contribution in [0.1, 0.15) is 21.5 Å². The fraction of sp³-hybridized carbons (Fsp3) is 0.158. The van der Waals surface area contributed by atoms with Crippen LogP contribution in [0.3, 0.4) is 0 Å². The first-order chi connectivity index (χ1) is 14.3. The highest BCUT2D eigenvalue weighted by molar-refractivity contribution is 5.96. The molecule has 0 unspecified atom stereocenters. The molecule has 11 heteroatoms. The average Bonchev–Trinajstić information content (AvgIpc) is 2.72. The van der Waals surface area contributed by atoms with Gasteiger partial charge in [0.1, 0.15) is 13.2 Å². The normalized spacial score (nSPS) is 9.87. The third kappa shape index (κ3) is 6.39. The molecular weight excluding hydrogens is 394 g/mol. The minimum atomic E-state index is -0.701. The van der Waals surface area contributed by atoms with Crippen LogP contribution < -0.4 is 16.2 Å². The summed E-state index contributed by atoms with van der Waals surface area (Å²) in [6, 6.07) is 11.9. The molecule has 11 nitrogen and oxygen atoms in total. The molecule has 154 valence electrons. The average molecular weight is 411 g/mol. The number of benzene rings is 2. The number of nitrogens with one attached hydrogen (secondary N) is 3. The van der Waals surface area contributed by atoms with Crippen LogP contribution >= 0.6 is 0 Å². The van der Waals surface area contributed by atoms with Crippen LogP contribution in [0.15, 0.2) is 42.5 Å². The first-order valence-electron chi connectivity index (χ1n) is 8.52. The smallest absolute Gasteiger partial charge is 0.272 e. The lowest BCUT2D eigenvalue weighted by atomic mass is 10.1. The van der Waals surface area contributed by atoms with E-state index in [1.54, 1.807) is 24.3 Å². The van der Waals surface area contributed by atoms with Gasteiger partial charge in [-0.2, -0.15) is 5.26 Å². The Hall–Kier alpha value is -4.30. The molecule has 0 aliphatic rings. The van der Waals surface area contributed by atoms with Gasteiger partial charge in [0, 0.05) is 22.9 Å². The fourth-order valence-corrected chi connectivity index (χ4v) is 2.30. The highest BCUT2D eigenvalue weighted by Crippen LogP contribution is 2.18. The summed E-state index contributed by atoms with van der Waals surface area (Å²) in [7, 11) is 0. The van der Waals surface area contributed by atoms with Crippen LogP contribution in [0.5, 0.6) is 0 Å². The zero-order valence-corrected chi connectivity index (χ0v) is 15.8. The number of hydrogen-bond acceptors (Lipinski definition) is 7. The topological polar surface area (TPSA) is 163 Å². The Kier molecular flexibility index (Phi) is 7.55. The summed E-state index contributed by atoms with van der Waals surface area (Å²) in [5.74, 6) is -1.87. The predicted octanol–water partition coefficient (Wildman–Crippen LogP) is 1.19. The second kappa shape index (κ2) is 10.3. The number of rotatable bonds is 7. The molecule has 0 radical (unpaired) electrons. The zero-order chi connectivity index (χ0) is 22.1. The van der Waals surface area contributed by atoms with E-state index >= 15 is 0 Å². The van der Waals surface area contributed by atoms with Gasteiger partial charge in [0.05, 0.1) is 16.6 Å². The van der Waals surface area contributed by atoms with Crippen molar-refractivity contribution in [2.75, 3.05) is 18.5 Å². The van der Waals surface area contributed by atoms with Gasteiger partial charge < -0.3 is 10.1 Å². The number of hydrazine groups is 1. The number of ether oxygens (including phenoxy) is 1. The van der Waals surface area contributed by atoms with Crippen molar-refractivity contribution in [2.45, 2.75) is 6.92 Å². The number of nitro groups is 1. The van der Waals surface area contributed by atoms with E-state index in [2.05, 4.69) is 16.2 Å². The van der Waals surface area contributed by atoms with Gasteiger partial charge >= 0.3 is 0 Å². The molecule has 2 aromatic carbocycles. The maximum Gasteiger partial charge on any atom is 0.272 e. The molecule has 3 N–H and O–H groups in total. The number of anilines is 1. The molecule has 2 rings (SSSR count). The second-order valence-corrected chi connectivity index (χ2v) is 5.99. The van der Waals surface area contributed by atoms with Gasteiger partial charge in [-0.15, -0.1) is 0 Å². The Bertz CT molecular complexity index is 1010. The summed E-state index contributed by atoms with van der Waals surface area (Å²) < 4.78 is 4.97. The number of nitrogens with zero attached hydrogens (tertiary/aromatic N) is 2. The highest BCUT2D eigenvalue weighted by Gasteiger charge is 2.14. The predicted molar refractivity (Wildman–Crippen MR) is 104 cm³/mol. The first kappa shape index (κ1) is 22.0. The van der Waals surface area contributed by atoms with Crippen LogP contribution in [0, 0.1) is 28.4 Å². The molecule has 0 heterocycles. The largest absolute Gasteiger partial charge is 0.362 e. The first-order valence-corrected chi connectivity index (χ1v) is 8.52. The van der Waals surface area contributed by atoms with E-state index < -0.39 is 35.9 Å². The van der Waals surface area contributed by atoms with Gasteiger partial charge in [0.2, 0.25) is 5.91 Å². The van der Waals surface area contributed by atoms with Crippen LogP contribution in [0.2, 0.25) is 0 Å². The molecule has 0 bridgehead atoms. The molecule has 0 aromatic heterocycles. The van der Waals surface area contributed by atoms with Gasteiger partial charge in [-0.25, -0.2) is 0 Å². The zero-order valence-electron chi connectivity index (χ0n) is 15.8. The van der Waals surface area contributed by atoms with Gasteiger partial charge in [0.15, 0.2) is 0 Å². The van der Waals surface area contributed by atoms with Crippen molar-refractivity contribution in [2.24, 2.45) is 0 Å². The molecular formula is C19H17N5O6. The Labute approximate surface area is 170 Å². The SMILES string of the molecule is Cc1cc(C(=O)NNC(=O)COCC(=O)Nc2ccc(C#N)cc2)ccc1[N+](=O)[O-]. The van der Waals surface area contributed by atoms with E-state index in [4.69, 9.17) is 10.00 Å². The molecule has 0 aliphatic carbocycles. The van der Waals surface area contributed by atoms with Crippen molar-refractivity contribution >= 4 is 29.1 Å². The molecule has 0 saturated carbocycles. The van der Waals surface area contributed by atoms with Gasteiger partial charge in [-0.05, 0) is 43.3 Å². The van der Waals surface area contributed by atoms with E-state index in [0.717, 1.165) is 0 Å². The maximum atomic E-state index is 12.0. The molecule has 0 fully saturated rings. The molecule has 0 aliphatic heterocycles. The fourth-order valence-electron chi connectivity index (χ4n) is 2.30. The van der Waals surface area contributed by atoms with Crippen LogP contribution in [-0.2, 0) is 14.3 Å². The minimum Gasteiger partial charge on any atom is -0.362 e. The second-order valence-electron chi connectivity index (χ2n) is 5.99. The van der Waals surface area contributed by atoms with Crippen molar-refractivity contribution in [3.63, 3.8) is 0 Å². The lowest BCUT2D eigenvalue weighted by Gasteiger charge is -2.09. The number of nitro benzene ring substituents is 1. The number of carbonyl (C=O) groups is 3. The maximum absolute atomic E-state index is 12.0.